The minimum Gasteiger partial charge on any atom is -0.480 e. The van der Waals surface area contributed by atoms with Crippen LogP contribution in [0, 0.1) is 29.3 Å². The van der Waals surface area contributed by atoms with Crippen LogP contribution in [-0.2, 0) is 16.1 Å². The Balaban J connectivity index is 1.37. The van der Waals surface area contributed by atoms with Gasteiger partial charge >= 0.3 is 12.1 Å². The first-order valence-electron chi connectivity index (χ1n) is 15.4. The summed E-state index contributed by atoms with van der Waals surface area (Å²) in [5.74, 6) is -2.77. The van der Waals surface area contributed by atoms with Gasteiger partial charge in [0, 0.05) is 38.3 Å². The SMILES string of the molecule is CCCN(C(=O)OCc1ccc(F)c(F)c1)C1CCN(CC2CC(N[C@@H](C(=O)O)C(C)C)CC2c2cccc(F)c2)CC1. The summed E-state index contributed by atoms with van der Waals surface area (Å²) in [6, 6.07) is 9.58. The number of benzene rings is 2. The second-order valence-electron chi connectivity index (χ2n) is 12.3. The predicted molar refractivity (Wildman–Crippen MR) is 158 cm³/mol. The van der Waals surface area contributed by atoms with E-state index >= 15 is 0 Å². The van der Waals surface area contributed by atoms with E-state index in [9.17, 15) is 27.9 Å². The lowest BCUT2D eigenvalue weighted by atomic mass is 9.88. The molecular formula is C33H44F3N3O4. The second-order valence-corrected chi connectivity index (χ2v) is 12.3. The molecule has 2 aliphatic rings. The average molecular weight is 604 g/mol. The smallest absolute Gasteiger partial charge is 0.410 e. The van der Waals surface area contributed by atoms with Gasteiger partial charge in [-0.25, -0.2) is 18.0 Å². The molecule has 0 radical (unpaired) electrons. The summed E-state index contributed by atoms with van der Waals surface area (Å²) in [6.07, 6.45) is 3.39. The third-order valence-electron chi connectivity index (χ3n) is 8.86. The summed E-state index contributed by atoms with van der Waals surface area (Å²) in [5, 5.41) is 13.1. The Morgan fingerprint density at radius 1 is 1.07 bits per heavy atom. The Hall–Kier alpha value is -3.11. The zero-order chi connectivity index (χ0) is 31.1. The molecule has 1 saturated heterocycles. The first-order chi connectivity index (χ1) is 20.5. The van der Waals surface area contributed by atoms with E-state index in [1.807, 2.05) is 26.8 Å². The molecule has 2 fully saturated rings. The molecule has 4 atom stereocenters. The van der Waals surface area contributed by atoms with Crippen molar-refractivity contribution < 1.29 is 32.6 Å². The zero-order valence-corrected chi connectivity index (χ0v) is 25.3. The third kappa shape index (κ3) is 8.72. The molecule has 1 aliphatic heterocycles. The number of ether oxygens (including phenoxy) is 1. The molecule has 2 N–H and O–H groups in total. The van der Waals surface area contributed by atoms with E-state index in [2.05, 4.69) is 10.2 Å². The van der Waals surface area contributed by atoms with Gasteiger partial charge in [-0.1, -0.05) is 39.0 Å². The summed E-state index contributed by atoms with van der Waals surface area (Å²) in [5.41, 5.74) is 1.33. The number of carboxylic acid groups (broad SMARTS) is 1. The predicted octanol–water partition coefficient (Wildman–Crippen LogP) is 6.18. The normalized spacial score (nSPS) is 22.1. The highest BCUT2D eigenvalue weighted by Gasteiger charge is 2.39. The summed E-state index contributed by atoms with van der Waals surface area (Å²) < 4.78 is 46.5. The van der Waals surface area contributed by atoms with Gasteiger partial charge in [-0.15, -0.1) is 0 Å². The largest absolute Gasteiger partial charge is 0.480 e. The van der Waals surface area contributed by atoms with Gasteiger partial charge in [0.05, 0.1) is 0 Å². The third-order valence-corrected chi connectivity index (χ3v) is 8.86. The van der Waals surface area contributed by atoms with E-state index < -0.39 is 29.7 Å². The number of carbonyl (C=O) groups excluding carboxylic acids is 1. The van der Waals surface area contributed by atoms with Crippen LogP contribution in [0.2, 0.25) is 0 Å². The van der Waals surface area contributed by atoms with Gasteiger partial charge in [0.2, 0.25) is 0 Å². The maximum Gasteiger partial charge on any atom is 0.410 e. The van der Waals surface area contributed by atoms with Crippen molar-refractivity contribution in [2.75, 3.05) is 26.2 Å². The molecule has 1 amide bonds. The lowest BCUT2D eigenvalue weighted by Crippen LogP contribution is -2.49. The van der Waals surface area contributed by atoms with Crippen LogP contribution in [0.4, 0.5) is 18.0 Å². The molecule has 3 unspecified atom stereocenters. The van der Waals surface area contributed by atoms with Crippen molar-refractivity contribution in [2.24, 2.45) is 11.8 Å². The van der Waals surface area contributed by atoms with Crippen molar-refractivity contribution in [3.05, 3.63) is 71.0 Å². The van der Waals surface area contributed by atoms with Crippen molar-refractivity contribution in [3.8, 4) is 0 Å². The van der Waals surface area contributed by atoms with Gasteiger partial charge in [0.15, 0.2) is 11.6 Å². The molecule has 2 aromatic carbocycles. The highest BCUT2D eigenvalue weighted by molar-refractivity contribution is 5.73. The molecule has 4 rings (SSSR count). The van der Waals surface area contributed by atoms with E-state index in [1.165, 1.54) is 12.1 Å². The maximum absolute atomic E-state index is 14.2. The van der Waals surface area contributed by atoms with Crippen LogP contribution in [0.3, 0.4) is 0 Å². The van der Waals surface area contributed by atoms with E-state index in [-0.39, 0.29) is 42.3 Å². The highest BCUT2D eigenvalue weighted by Crippen LogP contribution is 2.41. The Bertz CT molecular complexity index is 1240. The van der Waals surface area contributed by atoms with Crippen molar-refractivity contribution in [1.29, 1.82) is 0 Å². The van der Waals surface area contributed by atoms with Crippen LogP contribution in [0.15, 0.2) is 42.5 Å². The van der Waals surface area contributed by atoms with E-state index in [4.69, 9.17) is 4.74 Å². The molecule has 236 valence electrons. The van der Waals surface area contributed by atoms with Crippen molar-refractivity contribution in [1.82, 2.24) is 15.1 Å². The average Bonchev–Trinajstić information content (AvgIpc) is 3.37. The van der Waals surface area contributed by atoms with E-state index in [0.717, 1.165) is 69.4 Å². The van der Waals surface area contributed by atoms with Crippen LogP contribution in [0.25, 0.3) is 0 Å². The Kier molecular flexibility index (Phi) is 11.5. The Morgan fingerprint density at radius 3 is 2.44 bits per heavy atom. The molecule has 0 aromatic heterocycles. The molecule has 1 aliphatic carbocycles. The minimum atomic E-state index is -0.975. The zero-order valence-electron chi connectivity index (χ0n) is 25.3. The van der Waals surface area contributed by atoms with Crippen LogP contribution in [0.1, 0.15) is 69.9 Å². The molecule has 0 spiro atoms. The number of halogens is 3. The van der Waals surface area contributed by atoms with Gasteiger partial charge < -0.3 is 25.0 Å². The fourth-order valence-electron chi connectivity index (χ4n) is 6.68. The molecule has 10 heteroatoms. The molecule has 7 nitrogen and oxygen atoms in total. The number of hydrogen-bond acceptors (Lipinski definition) is 5. The van der Waals surface area contributed by atoms with Gasteiger partial charge in [0.1, 0.15) is 18.5 Å². The van der Waals surface area contributed by atoms with Gasteiger partial charge in [-0.05, 0) is 85.3 Å². The Labute approximate surface area is 252 Å². The number of carbonyl (C=O) groups is 2. The number of amides is 1. The van der Waals surface area contributed by atoms with Crippen molar-refractivity contribution in [2.45, 2.75) is 83.5 Å². The molecule has 43 heavy (non-hydrogen) atoms. The fraction of sp³-hybridized carbons (Fsp3) is 0.576. The fourth-order valence-corrected chi connectivity index (χ4v) is 6.68. The number of nitrogens with zero attached hydrogens (tertiary/aromatic N) is 2. The summed E-state index contributed by atoms with van der Waals surface area (Å²) in [7, 11) is 0. The molecule has 1 saturated carbocycles. The first-order valence-corrected chi connectivity index (χ1v) is 15.4. The topological polar surface area (TPSA) is 82.1 Å². The van der Waals surface area contributed by atoms with Gasteiger partial charge in [-0.2, -0.15) is 0 Å². The number of nitrogens with one attached hydrogen (secondary N) is 1. The molecule has 2 aromatic rings. The molecular weight excluding hydrogens is 559 g/mol. The van der Waals surface area contributed by atoms with Crippen LogP contribution >= 0.6 is 0 Å². The van der Waals surface area contributed by atoms with Crippen LogP contribution < -0.4 is 5.32 Å². The summed E-state index contributed by atoms with van der Waals surface area (Å²) in [6.45, 7) is 8.58. The van der Waals surface area contributed by atoms with E-state index in [1.54, 1.807) is 17.0 Å². The summed E-state index contributed by atoms with van der Waals surface area (Å²) >= 11 is 0. The number of carboxylic acids is 1. The van der Waals surface area contributed by atoms with Crippen LogP contribution in [-0.4, -0.2) is 71.3 Å². The minimum absolute atomic E-state index is 0.00744. The number of hydrogen-bond donors (Lipinski definition) is 2. The number of piperidine rings is 1. The summed E-state index contributed by atoms with van der Waals surface area (Å²) in [4.78, 5) is 29.0. The van der Waals surface area contributed by atoms with Crippen molar-refractivity contribution in [3.63, 3.8) is 0 Å². The van der Waals surface area contributed by atoms with Gasteiger partial charge in [-0.3, -0.25) is 4.79 Å². The van der Waals surface area contributed by atoms with Crippen LogP contribution in [0.5, 0.6) is 0 Å². The molecule has 1 heterocycles. The second kappa shape index (κ2) is 15.1. The lowest BCUT2D eigenvalue weighted by molar-refractivity contribution is -0.140. The lowest BCUT2D eigenvalue weighted by Gasteiger charge is -2.39. The van der Waals surface area contributed by atoms with Crippen molar-refractivity contribution >= 4 is 12.1 Å². The highest BCUT2D eigenvalue weighted by atomic mass is 19.2. The standard InChI is InChI=1S/C33H44F3N3O4/c1-4-12-39(33(42)43-20-22-8-9-29(35)30(36)15-22)27-10-13-38(14-11-27)19-24-17-26(37-31(21(2)3)32(40)41)18-28(24)23-6-5-7-25(34)16-23/h5-9,15-16,21,24,26-28,31,37H,4,10-14,17-20H2,1-3H3,(H,40,41)/t24?,26?,28?,31-/m1/s1. The Morgan fingerprint density at radius 2 is 1.81 bits per heavy atom. The maximum atomic E-state index is 14.2. The van der Waals surface area contributed by atoms with E-state index in [0.29, 0.717) is 12.1 Å². The quantitative estimate of drug-likeness (QED) is 0.302. The first kappa shape index (κ1) is 32.8. The number of likely N-dealkylation sites (tertiary alicyclic amines) is 1. The molecule has 0 bridgehead atoms. The number of aliphatic carboxylic acids is 1. The monoisotopic (exact) mass is 603 g/mol. The van der Waals surface area contributed by atoms with Gasteiger partial charge in [0.25, 0.3) is 0 Å². The number of rotatable bonds is 12.